The molecule has 0 spiro atoms. The van der Waals surface area contributed by atoms with Crippen LogP contribution < -0.4 is 5.32 Å². The van der Waals surface area contributed by atoms with Crippen LogP contribution in [0.2, 0.25) is 5.02 Å². The summed E-state index contributed by atoms with van der Waals surface area (Å²) in [6.07, 6.45) is -4.56. The summed E-state index contributed by atoms with van der Waals surface area (Å²) in [5.74, 6) is -0.701. The Hall–Kier alpha value is -2.65. The number of amides is 2. The number of thiophene rings is 1. The molecule has 0 aliphatic carbocycles. The monoisotopic (exact) mass is 469 g/mol. The number of anilines is 1. The number of benzene rings is 1. The van der Waals surface area contributed by atoms with Crippen molar-refractivity contribution in [2.24, 2.45) is 0 Å². The van der Waals surface area contributed by atoms with Crippen LogP contribution in [0, 0.1) is 6.92 Å². The number of halogens is 4. The summed E-state index contributed by atoms with van der Waals surface area (Å²) < 4.78 is 38.7. The van der Waals surface area contributed by atoms with Gasteiger partial charge in [-0.15, -0.1) is 11.3 Å². The highest BCUT2D eigenvalue weighted by Crippen LogP contribution is 2.34. The smallest absolute Gasteiger partial charge is 0.339 e. The van der Waals surface area contributed by atoms with E-state index in [2.05, 4.69) is 10.3 Å². The Morgan fingerprint density at radius 3 is 2.42 bits per heavy atom. The summed E-state index contributed by atoms with van der Waals surface area (Å²) in [5, 5.41) is 3.36. The maximum absolute atomic E-state index is 12.9. The largest absolute Gasteiger partial charge is 0.433 e. The minimum absolute atomic E-state index is 0.135. The van der Waals surface area contributed by atoms with E-state index in [1.165, 1.54) is 18.2 Å². The quantitative estimate of drug-likeness (QED) is 0.497. The average Bonchev–Trinajstić information content (AvgIpc) is 3.04. The molecule has 31 heavy (non-hydrogen) atoms. The zero-order chi connectivity index (χ0) is 22.9. The van der Waals surface area contributed by atoms with Crippen LogP contribution >= 0.6 is 22.9 Å². The van der Waals surface area contributed by atoms with Crippen molar-refractivity contribution in [2.45, 2.75) is 26.9 Å². The van der Waals surface area contributed by atoms with Crippen molar-refractivity contribution in [3.8, 4) is 0 Å². The maximum atomic E-state index is 12.9. The maximum Gasteiger partial charge on any atom is 0.433 e. The van der Waals surface area contributed by atoms with Crippen LogP contribution in [-0.4, -0.2) is 34.8 Å². The molecule has 2 amide bonds. The number of carbonyl (C=O) groups is 2. The molecule has 2 aromatic heterocycles. The van der Waals surface area contributed by atoms with Crippen molar-refractivity contribution >= 4 is 50.7 Å². The molecule has 0 bridgehead atoms. The van der Waals surface area contributed by atoms with Crippen molar-refractivity contribution in [3.63, 3.8) is 0 Å². The van der Waals surface area contributed by atoms with Crippen molar-refractivity contribution in [3.05, 3.63) is 57.1 Å². The number of fused-ring (bicyclic) bond motifs is 1. The van der Waals surface area contributed by atoms with Gasteiger partial charge in [0, 0.05) is 24.2 Å². The number of nitrogens with zero attached hydrogens (tertiary/aromatic N) is 2. The molecule has 10 heteroatoms. The molecule has 0 atom stereocenters. The summed E-state index contributed by atoms with van der Waals surface area (Å²) in [4.78, 5) is 30.9. The van der Waals surface area contributed by atoms with Crippen LogP contribution in [-0.2, 0) is 6.18 Å². The van der Waals surface area contributed by atoms with Crippen LogP contribution in [0.5, 0.6) is 0 Å². The first-order valence-corrected chi connectivity index (χ1v) is 10.6. The topological polar surface area (TPSA) is 62.3 Å². The third-order valence-electron chi connectivity index (χ3n) is 4.81. The van der Waals surface area contributed by atoms with E-state index in [1.807, 2.05) is 13.8 Å². The van der Waals surface area contributed by atoms with Crippen LogP contribution in [0.4, 0.5) is 18.9 Å². The Labute approximate surface area is 185 Å². The summed E-state index contributed by atoms with van der Waals surface area (Å²) in [7, 11) is 0. The highest BCUT2D eigenvalue weighted by Gasteiger charge is 2.33. The van der Waals surface area contributed by atoms with E-state index in [-0.39, 0.29) is 20.6 Å². The normalized spacial score (nSPS) is 11.6. The van der Waals surface area contributed by atoms with E-state index >= 15 is 0 Å². The van der Waals surface area contributed by atoms with Gasteiger partial charge in [-0.2, -0.15) is 13.2 Å². The van der Waals surface area contributed by atoms with E-state index in [9.17, 15) is 22.8 Å². The summed E-state index contributed by atoms with van der Waals surface area (Å²) in [5.41, 5.74) is 0.226. The number of aromatic nitrogens is 1. The van der Waals surface area contributed by atoms with E-state index in [4.69, 9.17) is 11.6 Å². The molecule has 0 saturated heterocycles. The molecule has 1 aromatic carbocycles. The molecule has 2 heterocycles. The molecular formula is C21H19ClF3N3O2S. The van der Waals surface area contributed by atoms with Crippen LogP contribution in [0.3, 0.4) is 0 Å². The molecule has 0 fully saturated rings. The van der Waals surface area contributed by atoms with Gasteiger partial charge in [0.15, 0.2) is 0 Å². The Bertz CT molecular complexity index is 1160. The predicted molar refractivity (Wildman–Crippen MR) is 116 cm³/mol. The molecule has 0 saturated carbocycles. The number of alkyl halides is 3. The average molecular weight is 470 g/mol. The molecule has 3 rings (SSSR count). The number of rotatable bonds is 5. The molecular weight excluding hydrogens is 451 g/mol. The molecule has 0 unspecified atom stereocenters. The van der Waals surface area contributed by atoms with Gasteiger partial charge in [0.2, 0.25) is 0 Å². The lowest BCUT2D eigenvalue weighted by atomic mass is 10.1. The predicted octanol–water partition coefficient (Wildman–Crippen LogP) is 6.01. The van der Waals surface area contributed by atoms with E-state index in [1.54, 1.807) is 17.9 Å². The van der Waals surface area contributed by atoms with E-state index in [0.717, 1.165) is 17.4 Å². The number of nitrogens with one attached hydrogen (secondary N) is 1. The number of carbonyl (C=O) groups excluding carboxylic acids is 2. The van der Waals surface area contributed by atoms with Gasteiger partial charge in [-0.05, 0) is 56.7 Å². The second-order valence-corrected chi connectivity index (χ2v) is 8.14. The molecule has 3 aromatic rings. The molecule has 164 valence electrons. The lowest BCUT2D eigenvalue weighted by molar-refractivity contribution is -0.140. The molecule has 0 aliphatic heterocycles. The molecule has 0 aliphatic rings. The summed E-state index contributed by atoms with van der Waals surface area (Å²) in [6, 6.07) is 6.78. The fourth-order valence-electron chi connectivity index (χ4n) is 3.11. The van der Waals surface area contributed by atoms with Gasteiger partial charge < -0.3 is 10.2 Å². The number of hydrogen-bond donors (Lipinski definition) is 1. The number of hydrogen-bond acceptors (Lipinski definition) is 4. The standard InChI is InChI=1S/C21H19ClF3N3O2S/c1-4-28(5-2)20(30)14-7-6-12(10-15(14)22)26-18(29)17-11(3)13-8-9-16(21(23,24)25)27-19(13)31-17/h6-10H,4-5H2,1-3H3,(H,26,29). The second-order valence-electron chi connectivity index (χ2n) is 6.73. The Morgan fingerprint density at radius 2 is 1.84 bits per heavy atom. The molecule has 1 N–H and O–H groups in total. The van der Waals surface area contributed by atoms with Gasteiger partial charge in [0.25, 0.3) is 11.8 Å². The molecule has 5 nitrogen and oxygen atoms in total. The highest BCUT2D eigenvalue weighted by atomic mass is 35.5. The lowest BCUT2D eigenvalue weighted by Crippen LogP contribution is -2.30. The second kappa shape index (κ2) is 8.84. The first-order chi connectivity index (χ1) is 14.6. The Kier molecular flexibility index (Phi) is 6.56. The fourth-order valence-corrected chi connectivity index (χ4v) is 4.45. The minimum atomic E-state index is -4.56. The summed E-state index contributed by atoms with van der Waals surface area (Å²) >= 11 is 7.14. The minimum Gasteiger partial charge on any atom is -0.339 e. The third kappa shape index (κ3) is 4.67. The van der Waals surface area contributed by atoms with Crippen LogP contribution in [0.25, 0.3) is 10.2 Å². The van der Waals surface area contributed by atoms with Gasteiger partial charge in [-0.25, -0.2) is 4.98 Å². The highest BCUT2D eigenvalue weighted by molar-refractivity contribution is 7.20. The first-order valence-electron chi connectivity index (χ1n) is 9.44. The Morgan fingerprint density at radius 1 is 1.16 bits per heavy atom. The fraction of sp³-hybridized carbons (Fsp3) is 0.286. The van der Waals surface area contributed by atoms with Crippen LogP contribution in [0.1, 0.15) is 45.1 Å². The first kappa shape index (κ1) is 23.0. The van der Waals surface area contributed by atoms with Crippen molar-refractivity contribution in [1.82, 2.24) is 9.88 Å². The van der Waals surface area contributed by atoms with Gasteiger partial charge in [-0.1, -0.05) is 11.6 Å². The van der Waals surface area contributed by atoms with Crippen molar-refractivity contribution in [2.75, 3.05) is 18.4 Å². The van der Waals surface area contributed by atoms with E-state index in [0.29, 0.717) is 35.3 Å². The third-order valence-corrected chi connectivity index (χ3v) is 6.32. The summed E-state index contributed by atoms with van der Waals surface area (Å²) in [6.45, 7) is 6.47. The van der Waals surface area contributed by atoms with Crippen LogP contribution in [0.15, 0.2) is 30.3 Å². The zero-order valence-electron chi connectivity index (χ0n) is 16.9. The van der Waals surface area contributed by atoms with Crippen molar-refractivity contribution < 1.29 is 22.8 Å². The number of aryl methyl sites for hydroxylation is 1. The van der Waals surface area contributed by atoms with Gasteiger partial charge >= 0.3 is 6.18 Å². The molecule has 0 radical (unpaired) electrons. The zero-order valence-corrected chi connectivity index (χ0v) is 18.5. The number of pyridine rings is 1. The van der Waals surface area contributed by atoms with Gasteiger partial charge in [-0.3, -0.25) is 9.59 Å². The SMILES string of the molecule is CCN(CC)C(=O)c1ccc(NC(=O)c2sc3nc(C(F)(F)F)ccc3c2C)cc1Cl. The van der Waals surface area contributed by atoms with E-state index < -0.39 is 17.8 Å². The lowest BCUT2D eigenvalue weighted by Gasteiger charge is -2.19. The van der Waals surface area contributed by atoms with Crippen molar-refractivity contribution in [1.29, 1.82) is 0 Å². The van der Waals surface area contributed by atoms with Gasteiger partial charge in [0.05, 0.1) is 15.5 Å². The van der Waals surface area contributed by atoms with Gasteiger partial charge in [0.1, 0.15) is 10.5 Å². The Balaban J connectivity index is 1.86.